The molecule has 6 heteroatoms. The number of rotatable bonds is 4. The Hall–Kier alpha value is -3.64. The van der Waals surface area contributed by atoms with Gasteiger partial charge >= 0.3 is 0 Å². The Bertz CT molecular complexity index is 1310. The highest BCUT2D eigenvalue weighted by Gasteiger charge is 2.28. The summed E-state index contributed by atoms with van der Waals surface area (Å²) < 4.78 is 34.2. The van der Waals surface area contributed by atoms with Crippen molar-refractivity contribution in [1.29, 1.82) is 0 Å². The second-order valence-electron chi connectivity index (χ2n) is 7.50. The van der Waals surface area contributed by atoms with Crippen LogP contribution in [0, 0.1) is 0 Å². The van der Waals surface area contributed by atoms with Gasteiger partial charge in [0, 0.05) is 5.56 Å². The third-order valence-corrected chi connectivity index (χ3v) is 5.95. The van der Waals surface area contributed by atoms with Crippen molar-refractivity contribution in [2.24, 2.45) is 0 Å². The Morgan fingerprint density at radius 2 is 1.48 bits per heavy atom. The van der Waals surface area contributed by atoms with E-state index in [4.69, 9.17) is 28.1 Å². The molecule has 31 heavy (non-hydrogen) atoms. The lowest BCUT2D eigenvalue weighted by Gasteiger charge is -2.19. The monoisotopic (exact) mass is 416 g/mol. The summed E-state index contributed by atoms with van der Waals surface area (Å²) in [6, 6.07) is 14.0. The van der Waals surface area contributed by atoms with Crippen molar-refractivity contribution in [3.63, 3.8) is 0 Å². The maximum Gasteiger partial charge on any atom is 0.231 e. The second kappa shape index (κ2) is 6.96. The highest BCUT2D eigenvalue weighted by atomic mass is 16.7. The van der Waals surface area contributed by atoms with Gasteiger partial charge in [0.05, 0.1) is 33.7 Å². The van der Waals surface area contributed by atoms with Crippen LogP contribution in [0.1, 0.15) is 11.1 Å². The number of benzene rings is 3. The maximum atomic E-state index is 5.93. The molecule has 0 fully saturated rings. The first-order valence-corrected chi connectivity index (χ1v) is 10.0. The van der Waals surface area contributed by atoms with E-state index in [1.165, 1.54) is 0 Å². The lowest BCUT2D eigenvalue weighted by atomic mass is 9.86. The van der Waals surface area contributed by atoms with Crippen LogP contribution in [0.2, 0.25) is 0 Å². The molecule has 0 N–H and O–H groups in total. The number of hydrogen-bond donors (Lipinski definition) is 0. The summed E-state index contributed by atoms with van der Waals surface area (Å²) in [5.41, 5.74) is 5.43. The van der Waals surface area contributed by atoms with Gasteiger partial charge in [-0.15, -0.1) is 0 Å². The zero-order valence-corrected chi connectivity index (χ0v) is 17.2. The molecule has 0 aliphatic carbocycles. The van der Waals surface area contributed by atoms with Gasteiger partial charge in [0.25, 0.3) is 0 Å². The lowest BCUT2D eigenvalue weighted by molar-refractivity contribution is 0.135. The van der Waals surface area contributed by atoms with E-state index in [0.29, 0.717) is 24.7 Å². The van der Waals surface area contributed by atoms with Gasteiger partial charge in [-0.05, 0) is 69.4 Å². The standard InChI is InChI=1S/C25H20O6/c1-26-21-9-15-16(10-22(21)27-2)25(20-4-3-7-29-20)18-12-28-11-17(18)24(15)14-5-6-19-23(8-14)31-13-30-19/h3-10H,11-13H2,1-2H3. The summed E-state index contributed by atoms with van der Waals surface area (Å²) >= 11 is 0. The first kappa shape index (κ1) is 18.2. The van der Waals surface area contributed by atoms with Gasteiger partial charge in [0.2, 0.25) is 6.79 Å². The quantitative estimate of drug-likeness (QED) is 0.435. The fraction of sp³-hybridized carbons (Fsp3) is 0.200. The molecule has 0 unspecified atom stereocenters. The van der Waals surface area contributed by atoms with Crippen molar-refractivity contribution in [3.8, 4) is 45.4 Å². The van der Waals surface area contributed by atoms with E-state index >= 15 is 0 Å². The molecule has 0 saturated carbocycles. The molecule has 0 saturated heterocycles. The molecular formula is C25H20O6. The van der Waals surface area contributed by atoms with E-state index in [1.54, 1.807) is 20.5 Å². The molecule has 0 bridgehead atoms. The Morgan fingerprint density at radius 1 is 0.774 bits per heavy atom. The third-order valence-electron chi connectivity index (χ3n) is 5.95. The van der Waals surface area contributed by atoms with Gasteiger partial charge in [0.15, 0.2) is 23.0 Å². The molecule has 0 amide bonds. The molecule has 3 heterocycles. The minimum absolute atomic E-state index is 0.239. The van der Waals surface area contributed by atoms with Gasteiger partial charge in [0.1, 0.15) is 5.76 Å². The van der Waals surface area contributed by atoms with E-state index in [9.17, 15) is 0 Å². The summed E-state index contributed by atoms with van der Waals surface area (Å²) in [5, 5.41) is 2.05. The van der Waals surface area contributed by atoms with E-state index in [-0.39, 0.29) is 6.79 Å². The zero-order valence-electron chi connectivity index (χ0n) is 17.2. The summed E-state index contributed by atoms with van der Waals surface area (Å²) in [6.45, 7) is 1.29. The molecule has 4 aromatic rings. The average molecular weight is 416 g/mol. The summed E-state index contributed by atoms with van der Waals surface area (Å²) in [5.74, 6) is 3.64. The first-order valence-electron chi connectivity index (χ1n) is 10.0. The molecule has 0 radical (unpaired) electrons. The van der Waals surface area contributed by atoms with Gasteiger partial charge in [-0.25, -0.2) is 0 Å². The number of furan rings is 1. The van der Waals surface area contributed by atoms with Gasteiger partial charge in [-0.3, -0.25) is 0 Å². The van der Waals surface area contributed by atoms with E-state index < -0.39 is 0 Å². The summed E-state index contributed by atoms with van der Waals surface area (Å²) in [4.78, 5) is 0. The second-order valence-corrected chi connectivity index (χ2v) is 7.50. The third kappa shape index (κ3) is 2.68. The number of fused-ring (bicyclic) bond motifs is 3. The van der Waals surface area contributed by atoms with Crippen LogP contribution in [0.15, 0.2) is 53.1 Å². The van der Waals surface area contributed by atoms with Gasteiger partial charge in [-0.1, -0.05) is 6.07 Å². The Labute approximate surface area is 178 Å². The number of hydrogen-bond acceptors (Lipinski definition) is 6. The highest BCUT2D eigenvalue weighted by molar-refractivity contribution is 6.08. The van der Waals surface area contributed by atoms with Crippen molar-refractivity contribution in [2.75, 3.05) is 21.0 Å². The molecule has 1 aromatic heterocycles. The normalized spacial score (nSPS) is 14.1. The minimum Gasteiger partial charge on any atom is -0.493 e. The minimum atomic E-state index is 0.239. The van der Waals surface area contributed by atoms with Crippen LogP contribution in [-0.2, 0) is 18.0 Å². The predicted octanol–water partition coefficient (Wildman–Crippen LogP) is 5.54. The largest absolute Gasteiger partial charge is 0.493 e. The molecule has 2 aliphatic heterocycles. The summed E-state index contributed by atoms with van der Waals surface area (Å²) in [6.07, 6.45) is 1.69. The molecular weight excluding hydrogens is 396 g/mol. The van der Waals surface area contributed by atoms with Crippen molar-refractivity contribution in [1.82, 2.24) is 0 Å². The Morgan fingerprint density at radius 3 is 2.19 bits per heavy atom. The molecule has 3 aromatic carbocycles. The van der Waals surface area contributed by atoms with Crippen LogP contribution in [0.4, 0.5) is 0 Å². The molecule has 0 spiro atoms. The fourth-order valence-corrected chi connectivity index (χ4v) is 4.58. The van der Waals surface area contributed by atoms with Crippen molar-refractivity contribution < 1.29 is 28.1 Å². The van der Waals surface area contributed by atoms with Crippen LogP contribution in [0.3, 0.4) is 0 Å². The van der Waals surface area contributed by atoms with Crippen LogP contribution in [-0.4, -0.2) is 21.0 Å². The molecule has 0 atom stereocenters. The van der Waals surface area contributed by atoms with Crippen molar-refractivity contribution in [2.45, 2.75) is 13.2 Å². The fourth-order valence-electron chi connectivity index (χ4n) is 4.58. The smallest absolute Gasteiger partial charge is 0.231 e. The van der Waals surface area contributed by atoms with Crippen molar-refractivity contribution in [3.05, 3.63) is 59.9 Å². The average Bonchev–Trinajstić information content (AvgIpc) is 3.57. The van der Waals surface area contributed by atoms with E-state index in [1.807, 2.05) is 36.4 Å². The predicted molar refractivity (Wildman–Crippen MR) is 115 cm³/mol. The molecule has 156 valence electrons. The van der Waals surface area contributed by atoms with Crippen LogP contribution >= 0.6 is 0 Å². The number of ether oxygens (including phenoxy) is 5. The maximum absolute atomic E-state index is 5.93. The van der Waals surface area contributed by atoms with Crippen LogP contribution < -0.4 is 18.9 Å². The molecule has 6 nitrogen and oxygen atoms in total. The van der Waals surface area contributed by atoms with Gasteiger partial charge in [-0.2, -0.15) is 0 Å². The van der Waals surface area contributed by atoms with Crippen LogP contribution in [0.25, 0.3) is 33.2 Å². The summed E-state index contributed by atoms with van der Waals surface area (Å²) in [7, 11) is 3.29. The number of methoxy groups -OCH3 is 2. The topological polar surface area (TPSA) is 59.3 Å². The van der Waals surface area contributed by atoms with Crippen molar-refractivity contribution >= 4 is 10.8 Å². The zero-order chi connectivity index (χ0) is 20.9. The molecule has 6 rings (SSSR count). The molecule has 2 aliphatic rings. The highest BCUT2D eigenvalue weighted by Crippen LogP contribution is 2.49. The van der Waals surface area contributed by atoms with E-state index in [2.05, 4.69) is 6.07 Å². The first-order chi connectivity index (χ1) is 15.3. The Balaban J connectivity index is 1.74. The SMILES string of the molecule is COc1cc2c(-c3ccc4c(c3)OCO4)c3c(c(-c4ccco4)c2cc1OC)COC3. The Kier molecular flexibility index (Phi) is 4.07. The van der Waals surface area contributed by atoms with Crippen LogP contribution in [0.5, 0.6) is 23.0 Å². The van der Waals surface area contributed by atoms with Gasteiger partial charge < -0.3 is 28.1 Å². The lowest BCUT2D eigenvalue weighted by Crippen LogP contribution is -1.98. The van der Waals surface area contributed by atoms with E-state index in [0.717, 1.165) is 55.8 Å².